The van der Waals surface area contributed by atoms with Gasteiger partial charge in [-0.15, -0.1) is 11.3 Å². The standard InChI is InChI=1S/C19H28N4O2S2/c1-3-20-19(22-12-10-18-14-26-16(2)23-18)21-11-7-13-27(24,25)15-17-8-5-4-6-9-17/h4-6,8-9,14H,3,7,10-13,15H2,1-2H3,(H2,20,21,22). The third-order valence-electron chi connectivity index (χ3n) is 3.80. The van der Waals surface area contributed by atoms with Crippen molar-refractivity contribution in [3.05, 3.63) is 52.0 Å². The van der Waals surface area contributed by atoms with Crippen LogP contribution in [0, 0.1) is 6.92 Å². The molecule has 0 atom stereocenters. The van der Waals surface area contributed by atoms with Crippen molar-refractivity contribution < 1.29 is 8.42 Å². The molecule has 0 spiro atoms. The summed E-state index contributed by atoms with van der Waals surface area (Å²) in [5, 5.41) is 9.59. The van der Waals surface area contributed by atoms with E-state index in [2.05, 4.69) is 26.0 Å². The van der Waals surface area contributed by atoms with Gasteiger partial charge in [0.25, 0.3) is 0 Å². The molecule has 2 N–H and O–H groups in total. The molecule has 0 saturated heterocycles. The summed E-state index contributed by atoms with van der Waals surface area (Å²) in [6, 6.07) is 9.28. The number of thiazole rings is 1. The van der Waals surface area contributed by atoms with Crippen molar-refractivity contribution in [1.82, 2.24) is 15.6 Å². The van der Waals surface area contributed by atoms with Crippen LogP contribution in [-0.2, 0) is 22.0 Å². The maximum absolute atomic E-state index is 12.2. The SMILES string of the molecule is CCNC(=NCCCS(=O)(=O)Cc1ccccc1)NCCc1csc(C)n1. The summed E-state index contributed by atoms with van der Waals surface area (Å²) in [6.07, 6.45) is 1.34. The van der Waals surface area contributed by atoms with Crippen LogP contribution in [-0.4, -0.2) is 44.7 Å². The predicted octanol–water partition coefficient (Wildman–Crippen LogP) is 2.55. The van der Waals surface area contributed by atoms with Crippen LogP contribution in [0.2, 0.25) is 0 Å². The number of guanidine groups is 1. The number of aromatic nitrogens is 1. The smallest absolute Gasteiger partial charge is 0.191 e. The van der Waals surface area contributed by atoms with Crippen molar-refractivity contribution >= 4 is 27.1 Å². The minimum Gasteiger partial charge on any atom is -0.357 e. The van der Waals surface area contributed by atoms with Crippen LogP contribution in [0.1, 0.15) is 29.6 Å². The Labute approximate surface area is 166 Å². The molecule has 6 nitrogen and oxygen atoms in total. The maximum atomic E-state index is 12.2. The van der Waals surface area contributed by atoms with Crippen molar-refractivity contribution in [3.63, 3.8) is 0 Å². The molecule has 0 unspecified atom stereocenters. The van der Waals surface area contributed by atoms with E-state index in [0.29, 0.717) is 18.9 Å². The Bertz CT molecular complexity index is 817. The van der Waals surface area contributed by atoms with Gasteiger partial charge in [-0.2, -0.15) is 0 Å². The molecule has 0 aliphatic rings. The third-order valence-corrected chi connectivity index (χ3v) is 6.30. The summed E-state index contributed by atoms with van der Waals surface area (Å²) in [5.41, 5.74) is 1.90. The molecule has 1 heterocycles. The predicted molar refractivity (Wildman–Crippen MR) is 113 cm³/mol. The van der Waals surface area contributed by atoms with Gasteiger partial charge in [0.2, 0.25) is 0 Å². The van der Waals surface area contributed by atoms with E-state index in [9.17, 15) is 8.42 Å². The lowest BCUT2D eigenvalue weighted by atomic mass is 10.2. The molecule has 0 fully saturated rings. The molecule has 0 radical (unpaired) electrons. The molecule has 8 heteroatoms. The minimum absolute atomic E-state index is 0.0862. The van der Waals surface area contributed by atoms with E-state index >= 15 is 0 Å². The zero-order chi connectivity index (χ0) is 19.5. The lowest BCUT2D eigenvalue weighted by Gasteiger charge is -2.10. The number of aliphatic imine (C=N–C) groups is 1. The van der Waals surface area contributed by atoms with Crippen molar-refractivity contribution in [2.24, 2.45) is 4.99 Å². The molecule has 0 aliphatic heterocycles. The molecule has 0 saturated carbocycles. The number of aryl methyl sites for hydroxylation is 1. The fourth-order valence-corrected chi connectivity index (χ4v) is 4.61. The zero-order valence-corrected chi connectivity index (χ0v) is 17.6. The van der Waals surface area contributed by atoms with Gasteiger partial charge in [-0.1, -0.05) is 30.3 Å². The number of rotatable bonds is 10. The van der Waals surface area contributed by atoms with E-state index in [1.807, 2.05) is 44.2 Å². The number of nitrogens with one attached hydrogen (secondary N) is 2. The van der Waals surface area contributed by atoms with Gasteiger partial charge >= 0.3 is 0 Å². The van der Waals surface area contributed by atoms with Gasteiger partial charge in [-0.3, -0.25) is 4.99 Å². The van der Waals surface area contributed by atoms with Gasteiger partial charge in [0, 0.05) is 31.4 Å². The molecule has 2 rings (SSSR count). The molecule has 0 aliphatic carbocycles. The number of sulfone groups is 1. The van der Waals surface area contributed by atoms with E-state index in [1.165, 1.54) is 0 Å². The van der Waals surface area contributed by atoms with Crippen LogP contribution in [0.25, 0.3) is 0 Å². The van der Waals surface area contributed by atoms with Crippen LogP contribution < -0.4 is 10.6 Å². The Hall–Kier alpha value is -1.93. The highest BCUT2D eigenvalue weighted by molar-refractivity contribution is 7.90. The molecule has 0 bridgehead atoms. The normalized spacial score (nSPS) is 12.1. The first kappa shape index (κ1) is 21.4. The van der Waals surface area contributed by atoms with Gasteiger partial charge in [0.05, 0.1) is 22.2 Å². The Morgan fingerprint density at radius 2 is 2.00 bits per heavy atom. The largest absolute Gasteiger partial charge is 0.357 e. The Morgan fingerprint density at radius 1 is 1.22 bits per heavy atom. The zero-order valence-electron chi connectivity index (χ0n) is 15.9. The third kappa shape index (κ3) is 8.53. The lowest BCUT2D eigenvalue weighted by Crippen LogP contribution is -2.38. The van der Waals surface area contributed by atoms with Crippen LogP contribution in [0.15, 0.2) is 40.7 Å². The molecule has 1 aromatic heterocycles. The average Bonchev–Trinajstić information content (AvgIpc) is 3.04. The van der Waals surface area contributed by atoms with Crippen LogP contribution in [0.4, 0.5) is 0 Å². The summed E-state index contributed by atoms with van der Waals surface area (Å²) < 4.78 is 24.4. The Morgan fingerprint density at radius 3 is 2.67 bits per heavy atom. The highest BCUT2D eigenvalue weighted by Crippen LogP contribution is 2.08. The maximum Gasteiger partial charge on any atom is 0.191 e. The van der Waals surface area contributed by atoms with Crippen molar-refractivity contribution in [3.8, 4) is 0 Å². The van der Waals surface area contributed by atoms with Gasteiger partial charge in [0.15, 0.2) is 15.8 Å². The van der Waals surface area contributed by atoms with E-state index in [4.69, 9.17) is 0 Å². The topological polar surface area (TPSA) is 83.5 Å². The first-order chi connectivity index (χ1) is 13.0. The molecular formula is C19H28N4O2S2. The van der Waals surface area contributed by atoms with Crippen molar-refractivity contribution in [1.29, 1.82) is 0 Å². The van der Waals surface area contributed by atoms with Crippen LogP contribution in [0.3, 0.4) is 0 Å². The van der Waals surface area contributed by atoms with Gasteiger partial charge in [-0.25, -0.2) is 13.4 Å². The summed E-state index contributed by atoms with van der Waals surface area (Å²) in [4.78, 5) is 8.91. The first-order valence-corrected chi connectivity index (χ1v) is 11.9. The number of benzene rings is 1. The number of hydrogen-bond acceptors (Lipinski definition) is 5. The second-order valence-electron chi connectivity index (χ2n) is 6.23. The van der Waals surface area contributed by atoms with Gasteiger partial charge in [-0.05, 0) is 25.8 Å². The molecular weight excluding hydrogens is 380 g/mol. The average molecular weight is 409 g/mol. The van der Waals surface area contributed by atoms with Gasteiger partial charge in [0.1, 0.15) is 0 Å². The number of nitrogens with zero attached hydrogens (tertiary/aromatic N) is 2. The monoisotopic (exact) mass is 408 g/mol. The molecule has 1 aromatic carbocycles. The molecule has 148 valence electrons. The van der Waals surface area contributed by atoms with Crippen LogP contribution >= 0.6 is 11.3 Å². The van der Waals surface area contributed by atoms with E-state index in [1.54, 1.807) is 11.3 Å². The minimum atomic E-state index is -3.11. The fraction of sp³-hybridized carbons (Fsp3) is 0.474. The Balaban J connectivity index is 1.75. The second kappa shape index (κ2) is 11.0. The fourth-order valence-electron chi connectivity index (χ4n) is 2.55. The lowest BCUT2D eigenvalue weighted by molar-refractivity contribution is 0.592. The summed E-state index contributed by atoms with van der Waals surface area (Å²) in [5.74, 6) is 0.941. The Kier molecular flexibility index (Phi) is 8.74. The van der Waals surface area contributed by atoms with E-state index in [0.717, 1.165) is 35.8 Å². The van der Waals surface area contributed by atoms with E-state index < -0.39 is 9.84 Å². The summed E-state index contributed by atoms with van der Waals surface area (Å²) >= 11 is 1.65. The first-order valence-electron chi connectivity index (χ1n) is 9.16. The highest BCUT2D eigenvalue weighted by atomic mass is 32.2. The highest BCUT2D eigenvalue weighted by Gasteiger charge is 2.11. The molecule has 0 amide bonds. The summed E-state index contributed by atoms with van der Waals surface area (Å²) in [6.45, 7) is 5.97. The number of hydrogen-bond donors (Lipinski definition) is 2. The van der Waals surface area contributed by atoms with E-state index in [-0.39, 0.29) is 11.5 Å². The van der Waals surface area contributed by atoms with Crippen molar-refractivity contribution in [2.75, 3.05) is 25.4 Å². The van der Waals surface area contributed by atoms with Crippen molar-refractivity contribution in [2.45, 2.75) is 32.4 Å². The summed E-state index contributed by atoms with van der Waals surface area (Å²) in [7, 11) is -3.11. The van der Waals surface area contributed by atoms with Crippen LogP contribution in [0.5, 0.6) is 0 Å². The quantitative estimate of drug-likeness (QED) is 0.359. The second-order valence-corrected chi connectivity index (χ2v) is 9.47. The van der Waals surface area contributed by atoms with Gasteiger partial charge < -0.3 is 10.6 Å². The molecule has 2 aromatic rings. The molecule has 27 heavy (non-hydrogen) atoms.